The predicted molar refractivity (Wildman–Crippen MR) is 66.9 cm³/mol. The molecule has 0 aliphatic carbocycles. The van der Waals surface area contributed by atoms with Crippen LogP contribution in [-0.4, -0.2) is 26.0 Å². The van der Waals surface area contributed by atoms with Crippen LogP contribution in [0.4, 0.5) is 5.69 Å². The van der Waals surface area contributed by atoms with Crippen LogP contribution in [0.3, 0.4) is 0 Å². The number of carboxylic acids is 1. The van der Waals surface area contributed by atoms with Crippen LogP contribution < -0.4 is 4.74 Å². The van der Waals surface area contributed by atoms with Gasteiger partial charge in [-0.3, -0.25) is 10.1 Å². The monoisotopic (exact) mass is 275 g/mol. The summed E-state index contributed by atoms with van der Waals surface area (Å²) in [4.78, 5) is 28.7. The van der Waals surface area contributed by atoms with Gasteiger partial charge in [-0.1, -0.05) is 6.07 Å². The van der Waals surface area contributed by atoms with Crippen molar-refractivity contribution in [3.05, 3.63) is 52.0 Å². The lowest BCUT2D eigenvalue weighted by molar-refractivity contribution is -0.385. The van der Waals surface area contributed by atoms with Crippen molar-refractivity contribution in [2.24, 2.45) is 0 Å². The van der Waals surface area contributed by atoms with Crippen LogP contribution in [0.15, 0.2) is 30.6 Å². The van der Waals surface area contributed by atoms with Crippen LogP contribution in [0.2, 0.25) is 0 Å². The molecule has 2 aromatic rings. The van der Waals surface area contributed by atoms with Gasteiger partial charge in [0.05, 0.1) is 4.92 Å². The molecule has 20 heavy (non-hydrogen) atoms. The quantitative estimate of drug-likeness (QED) is 0.671. The molecule has 0 aliphatic heterocycles. The summed E-state index contributed by atoms with van der Waals surface area (Å²) in [6.07, 6.45) is 2.43. The number of benzene rings is 1. The Morgan fingerprint density at radius 1 is 1.35 bits per heavy atom. The van der Waals surface area contributed by atoms with Crippen LogP contribution in [0.25, 0.3) is 0 Å². The third-order valence-electron chi connectivity index (χ3n) is 2.39. The number of nitro groups is 1. The summed E-state index contributed by atoms with van der Waals surface area (Å²) in [5.41, 5.74) is -0.00369. The summed E-state index contributed by atoms with van der Waals surface area (Å²) < 4.78 is 5.22. The number of hydrogen-bond acceptors (Lipinski definition) is 6. The summed E-state index contributed by atoms with van der Waals surface area (Å²) >= 11 is 0. The van der Waals surface area contributed by atoms with E-state index in [-0.39, 0.29) is 17.3 Å². The molecule has 0 saturated heterocycles. The number of nitro benzene ring substituents is 1. The van der Waals surface area contributed by atoms with Crippen molar-refractivity contribution in [2.75, 3.05) is 0 Å². The molecular weight excluding hydrogens is 266 g/mol. The number of aromatic nitrogens is 2. The largest absolute Gasteiger partial charge is 0.476 e. The highest BCUT2D eigenvalue weighted by Gasteiger charge is 2.20. The van der Waals surface area contributed by atoms with Gasteiger partial charge in [-0.15, -0.1) is 0 Å². The zero-order valence-corrected chi connectivity index (χ0v) is 10.3. The minimum absolute atomic E-state index is 0.0939. The predicted octanol–water partition coefficient (Wildman–Crippen LogP) is 2.18. The van der Waals surface area contributed by atoms with E-state index in [4.69, 9.17) is 9.84 Å². The standard InChI is InChI=1S/C12H9N3O5/c1-7-2-3-9(8(6-7)15(18)19)20-11-10(12(16)17)13-4-5-14-11/h2-6H,1H3,(H,16,17). The van der Waals surface area contributed by atoms with E-state index in [1.165, 1.54) is 24.5 Å². The van der Waals surface area contributed by atoms with Gasteiger partial charge in [-0.2, -0.15) is 0 Å². The summed E-state index contributed by atoms with van der Waals surface area (Å²) in [6, 6.07) is 4.32. The molecule has 2 rings (SSSR count). The molecule has 0 atom stereocenters. The molecule has 0 amide bonds. The fourth-order valence-electron chi connectivity index (χ4n) is 1.51. The molecule has 8 heteroatoms. The summed E-state index contributed by atoms with van der Waals surface area (Å²) in [7, 11) is 0. The molecule has 1 heterocycles. The maximum absolute atomic E-state index is 11.0. The van der Waals surface area contributed by atoms with Crippen molar-refractivity contribution in [3.63, 3.8) is 0 Å². The Balaban J connectivity index is 2.45. The Labute approximate surface area is 112 Å². The van der Waals surface area contributed by atoms with Crippen molar-refractivity contribution < 1.29 is 19.6 Å². The van der Waals surface area contributed by atoms with E-state index >= 15 is 0 Å². The summed E-state index contributed by atoms with van der Waals surface area (Å²) in [5.74, 6) is -1.72. The van der Waals surface area contributed by atoms with Crippen molar-refractivity contribution >= 4 is 11.7 Å². The molecule has 0 unspecified atom stereocenters. The number of ether oxygens (including phenoxy) is 1. The van der Waals surface area contributed by atoms with E-state index in [0.717, 1.165) is 0 Å². The molecule has 0 spiro atoms. The average molecular weight is 275 g/mol. The second-order valence-electron chi connectivity index (χ2n) is 3.85. The molecule has 8 nitrogen and oxygen atoms in total. The highest BCUT2D eigenvalue weighted by molar-refractivity contribution is 5.87. The highest BCUT2D eigenvalue weighted by atomic mass is 16.6. The zero-order valence-electron chi connectivity index (χ0n) is 10.3. The van der Waals surface area contributed by atoms with Gasteiger partial charge in [0.15, 0.2) is 0 Å². The molecule has 1 N–H and O–H groups in total. The van der Waals surface area contributed by atoms with Gasteiger partial charge in [0.2, 0.25) is 11.4 Å². The molecule has 102 valence electrons. The van der Waals surface area contributed by atoms with Crippen LogP contribution in [0, 0.1) is 17.0 Å². The first-order valence-corrected chi connectivity index (χ1v) is 5.46. The minimum Gasteiger partial charge on any atom is -0.476 e. The van der Waals surface area contributed by atoms with E-state index in [9.17, 15) is 14.9 Å². The van der Waals surface area contributed by atoms with Crippen molar-refractivity contribution in [1.29, 1.82) is 0 Å². The first-order valence-electron chi connectivity index (χ1n) is 5.46. The topological polar surface area (TPSA) is 115 Å². The maximum Gasteiger partial charge on any atom is 0.360 e. The van der Waals surface area contributed by atoms with Gasteiger partial charge in [-0.05, 0) is 18.6 Å². The number of hydrogen-bond donors (Lipinski definition) is 1. The molecule has 0 radical (unpaired) electrons. The number of rotatable bonds is 4. The maximum atomic E-state index is 11.0. The third kappa shape index (κ3) is 2.69. The molecular formula is C12H9N3O5. The second-order valence-corrected chi connectivity index (χ2v) is 3.85. The van der Waals surface area contributed by atoms with E-state index < -0.39 is 16.6 Å². The Kier molecular flexibility index (Phi) is 3.56. The third-order valence-corrected chi connectivity index (χ3v) is 2.39. The SMILES string of the molecule is Cc1ccc(Oc2nccnc2C(=O)O)c([N+](=O)[O-])c1. The highest BCUT2D eigenvalue weighted by Crippen LogP contribution is 2.32. The number of carboxylic acid groups (broad SMARTS) is 1. The van der Waals surface area contributed by atoms with E-state index in [1.54, 1.807) is 13.0 Å². The van der Waals surface area contributed by atoms with Crippen LogP contribution in [-0.2, 0) is 0 Å². The van der Waals surface area contributed by atoms with E-state index in [2.05, 4.69) is 9.97 Å². The Morgan fingerprint density at radius 3 is 2.70 bits per heavy atom. The lowest BCUT2D eigenvalue weighted by Crippen LogP contribution is -2.05. The first-order chi connectivity index (χ1) is 9.49. The van der Waals surface area contributed by atoms with Crippen molar-refractivity contribution in [2.45, 2.75) is 6.92 Å². The molecule has 1 aromatic heterocycles. The smallest absolute Gasteiger partial charge is 0.360 e. The van der Waals surface area contributed by atoms with Crippen LogP contribution in [0.1, 0.15) is 16.1 Å². The van der Waals surface area contributed by atoms with Gasteiger partial charge < -0.3 is 9.84 Å². The van der Waals surface area contributed by atoms with E-state index in [0.29, 0.717) is 5.56 Å². The van der Waals surface area contributed by atoms with Gasteiger partial charge in [-0.25, -0.2) is 14.8 Å². The first kappa shape index (κ1) is 13.4. The van der Waals surface area contributed by atoms with Gasteiger partial charge in [0, 0.05) is 18.5 Å². The minimum atomic E-state index is -1.33. The lowest BCUT2D eigenvalue weighted by Gasteiger charge is -2.07. The Morgan fingerprint density at radius 2 is 2.05 bits per heavy atom. The van der Waals surface area contributed by atoms with Crippen molar-refractivity contribution in [3.8, 4) is 11.6 Å². The fraction of sp³-hybridized carbons (Fsp3) is 0.0833. The van der Waals surface area contributed by atoms with Gasteiger partial charge in [0.25, 0.3) is 5.88 Å². The molecule has 1 aromatic carbocycles. The number of aryl methyl sites for hydroxylation is 1. The van der Waals surface area contributed by atoms with Crippen LogP contribution in [0.5, 0.6) is 11.6 Å². The van der Waals surface area contributed by atoms with Crippen molar-refractivity contribution in [1.82, 2.24) is 9.97 Å². The fourth-order valence-corrected chi connectivity index (χ4v) is 1.51. The molecule has 0 fully saturated rings. The Hall–Kier alpha value is -3.03. The lowest BCUT2D eigenvalue weighted by atomic mass is 10.2. The summed E-state index contributed by atoms with van der Waals surface area (Å²) in [6.45, 7) is 1.70. The number of aromatic carboxylic acids is 1. The number of nitrogens with zero attached hydrogens (tertiary/aromatic N) is 3. The van der Waals surface area contributed by atoms with Gasteiger partial charge in [0.1, 0.15) is 0 Å². The number of carbonyl (C=O) groups is 1. The van der Waals surface area contributed by atoms with Gasteiger partial charge >= 0.3 is 11.7 Å². The van der Waals surface area contributed by atoms with Crippen LogP contribution >= 0.6 is 0 Å². The zero-order chi connectivity index (χ0) is 14.7. The molecule has 0 saturated carbocycles. The average Bonchev–Trinajstić information content (AvgIpc) is 2.41. The normalized spacial score (nSPS) is 10.1. The molecule has 0 bridgehead atoms. The second kappa shape index (κ2) is 5.31. The molecule has 0 aliphatic rings. The summed E-state index contributed by atoms with van der Waals surface area (Å²) in [5, 5.41) is 19.9. The Bertz CT molecular complexity index is 687. The van der Waals surface area contributed by atoms with E-state index in [1.807, 2.05) is 0 Å².